The molecule has 2 aromatic heterocycles. The lowest BCUT2D eigenvalue weighted by atomic mass is 9.98. The molecule has 0 unspecified atom stereocenters. The number of sulfone groups is 1. The van der Waals surface area contributed by atoms with E-state index in [9.17, 15) is 18.5 Å². The molecule has 1 aromatic carbocycles. The molecule has 7 nitrogen and oxygen atoms in total. The Bertz CT molecular complexity index is 1180. The fourth-order valence-electron chi connectivity index (χ4n) is 2.87. The lowest BCUT2D eigenvalue weighted by molar-refractivity contribution is 0.597. The number of nitrogens with one attached hydrogen (secondary N) is 1. The van der Waals surface area contributed by atoms with Crippen molar-refractivity contribution < 1.29 is 8.42 Å². The predicted molar refractivity (Wildman–Crippen MR) is 97.8 cm³/mol. The van der Waals surface area contributed by atoms with Crippen molar-refractivity contribution in [3.8, 4) is 17.3 Å². The molecule has 26 heavy (non-hydrogen) atoms. The molecule has 2 heterocycles. The molecule has 1 N–H and O–H groups in total. The molecule has 0 aliphatic heterocycles. The van der Waals surface area contributed by atoms with E-state index >= 15 is 0 Å². The Hall–Kier alpha value is -2.92. The van der Waals surface area contributed by atoms with E-state index in [1.165, 1.54) is 22.8 Å². The first-order valence-electron chi connectivity index (χ1n) is 8.17. The summed E-state index contributed by atoms with van der Waals surface area (Å²) in [4.78, 5) is 16.2. The monoisotopic (exact) mass is 370 g/mol. The van der Waals surface area contributed by atoms with Crippen molar-refractivity contribution in [2.45, 2.75) is 31.6 Å². The summed E-state index contributed by atoms with van der Waals surface area (Å²) in [7, 11) is -3.30. The first-order chi connectivity index (χ1) is 12.3. The summed E-state index contributed by atoms with van der Waals surface area (Å²) in [6.45, 7) is 5.38. The average Bonchev–Trinajstić information content (AvgIpc) is 3.04. The van der Waals surface area contributed by atoms with Gasteiger partial charge in [-0.3, -0.25) is 4.79 Å². The molecule has 0 spiro atoms. The number of nitriles is 1. The highest BCUT2D eigenvalue weighted by Gasteiger charge is 2.20. The maximum absolute atomic E-state index is 12.8. The molecule has 0 aliphatic rings. The normalized spacial score (nSPS) is 11.8. The van der Waals surface area contributed by atoms with Gasteiger partial charge in [0.2, 0.25) is 0 Å². The number of nitrogens with zero attached hydrogens (tertiary/aromatic N) is 3. The van der Waals surface area contributed by atoms with Crippen molar-refractivity contribution in [3.05, 3.63) is 51.9 Å². The molecule has 3 aromatic rings. The van der Waals surface area contributed by atoms with Crippen LogP contribution in [0.5, 0.6) is 0 Å². The fraction of sp³-hybridized carbons (Fsp3) is 0.278. The second kappa shape index (κ2) is 6.42. The number of hydrogen-bond acceptors (Lipinski definition) is 5. The smallest absolute Gasteiger partial charge is 0.278 e. The van der Waals surface area contributed by atoms with Gasteiger partial charge in [0.25, 0.3) is 5.56 Å². The van der Waals surface area contributed by atoms with Crippen molar-refractivity contribution >= 4 is 15.5 Å². The number of benzene rings is 1. The molecule has 0 bridgehead atoms. The SMILES string of the molecule is CCS(=O)(=O)c1ccc(-c2[nH]c3c(C#N)cnn3c(=O)c2C(C)C)cc1. The summed E-state index contributed by atoms with van der Waals surface area (Å²) in [6.07, 6.45) is 1.35. The molecule has 0 amide bonds. The largest absolute Gasteiger partial charge is 0.338 e. The third kappa shape index (κ3) is 2.80. The van der Waals surface area contributed by atoms with E-state index in [0.717, 1.165) is 0 Å². The van der Waals surface area contributed by atoms with Gasteiger partial charge in [-0.05, 0) is 23.6 Å². The van der Waals surface area contributed by atoms with Crippen molar-refractivity contribution in [3.63, 3.8) is 0 Å². The van der Waals surface area contributed by atoms with E-state index < -0.39 is 9.84 Å². The summed E-state index contributed by atoms with van der Waals surface area (Å²) in [5.74, 6) is -0.0692. The molecular weight excluding hydrogens is 352 g/mol. The Balaban J connectivity index is 2.29. The number of fused-ring (bicyclic) bond motifs is 1. The second-order valence-corrected chi connectivity index (χ2v) is 8.51. The number of aromatic amines is 1. The highest BCUT2D eigenvalue weighted by atomic mass is 32.2. The van der Waals surface area contributed by atoms with Crippen molar-refractivity contribution in [1.29, 1.82) is 5.26 Å². The van der Waals surface area contributed by atoms with Gasteiger partial charge in [0.05, 0.1) is 22.5 Å². The Morgan fingerprint density at radius 2 is 1.92 bits per heavy atom. The van der Waals surface area contributed by atoms with Crippen LogP contribution in [-0.4, -0.2) is 28.8 Å². The van der Waals surface area contributed by atoms with E-state index in [4.69, 9.17) is 0 Å². The van der Waals surface area contributed by atoms with Gasteiger partial charge in [0.1, 0.15) is 11.6 Å². The third-order valence-corrected chi connectivity index (χ3v) is 6.04. The van der Waals surface area contributed by atoms with E-state index in [0.29, 0.717) is 22.5 Å². The molecule has 0 fully saturated rings. The van der Waals surface area contributed by atoms with Crippen LogP contribution in [0.25, 0.3) is 16.9 Å². The number of rotatable bonds is 4. The minimum Gasteiger partial charge on any atom is -0.338 e. The summed E-state index contributed by atoms with van der Waals surface area (Å²) in [6, 6.07) is 8.40. The van der Waals surface area contributed by atoms with Crippen molar-refractivity contribution in [2.75, 3.05) is 5.75 Å². The molecule has 0 aliphatic carbocycles. The van der Waals surface area contributed by atoms with Gasteiger partial charge < -0.3 is 4.98 Å². The van der Waals surface area contributed by atoms with Crippen LogP contribution in [0.1, 0.15) is 37.8 Å². The summed E-state index contributed by atoms with van der Waals surface area (Å²) in [5.41, 5.74) is 2.06. The zero-order valence-corrected chi connectivity index (χ0v) is 15.5. The molecule has 8 heteroatoms. The molecule has 3 rings (SSSR count). The van der Waals surface area contributed by atoms with Crippen LogP contribution in [0.15, 0.2) is 40.2 Å². The predicted octanol–water partition coefficient (Wildman–Crippen LogP) is 2.48. The van der Waals surface area contributed by atoms with E-state index in [2.05, 4.69) is 10.1 Å². The highest BCUT2D eigenvalue weighted by Crippen LogP contribution is 2.27. The van der Waals surface area contributed by atoms with Gasteiger partial charge in [-0.1, -0.05) is 32.9 Å². The first-order valence-corrected chi connectivity index (χ1v) is 9.82. The summed E-state index contributed by atoms with van der Waals surface area (Å²) < 4.78 is 25.2. The lowest BCUT2D eigenvalue weighted by Crippen LogP contribution is -2.22. The van der Waals surface area contributed by atoms with Gasteiger partial charge in [-0.2, -0.15) is 14.9 Å². The van der Waals surface area contributed by atoms with Crippen LogP contribution in [-0.2, 0) is 9.84 Å². The first kappa shape index (κ1) is 17.9. The molecular formula is C18H18N4O3S. The molecule has 0 saturated heterocycles. The Morgan fingerprint density at radius 1 is 1.27 bits per heavy atom. The minimum atomic E-state index is -3.30. The quantitative estimate of drug-likeness (QED) is 0.759. The van der Waals surface area contributed by atoms with Crippen molar-refractivity contribution in [2.24, 2.45) is 0 Å². The van der Waals surface area contributed by atoms with Crippen LogP contribution < -0.4 is 5.56 Å². The van der Waals surface area contributed by atoms with Crippen LogP contribution >= 0.6 is 0 Å². The van der Waals surface area contributed by atoms with Crippen LogP contribution in [0.4, 0.5) is 0 Å². The Labute approximate surface area is 150 Å². The third-order valence-electron chi connectivity index (χ3n) is 4.28. The average molecular weight is 370 g/mol. The van der Waals surface area contributed by atoms with E-state index in [1.807, 2.05) is 19.9 Å². The summed E-state index contributed by atoms with van der Waals surface area (Å²) in [5, 5.41) is 13.2. The second-order valence-electron chi connectivity index (χ2n) is 6.23. The van der Waals surface area contributed by atoms with Gasteiger partial charge in [0, 0.05) is 5.56 Å². The number of aromatic nitrogens is 3. The highest BCUT2D eigenvalue weighted by molar-refractivity contribution is 7.91. The van der Waals surface area contributed by atoms with E-state index in [1.54, 1.807) is 19.1 Å². The van der Waals surface area contributed by atoms with E-state index in [-0.39, 0.29) is 27.7 Å². The number of H-pyrrole nitrogens is 1. The molecule has 0 atom stereocenters. The van der Waals surface area contributed by atoms with Gasteiger partial charge in [-0.25, -0.2) is 8.42 Å². The maximum atomic E-state index is 12.8. The van der Waals surface area contributed by atoms with Crippen LogP contribution in [0.2, 0.25) is 0 Å². The zero-order chi connectivity index (χ0) is 19.1. The Morgan fingerprint density at radius 3 is 2.46 bits per heavy atom. The standard InChI is InChI=1S/C18H18N4O3S/c1-4-26(24,25)14-7-5-12(6-8-14)16-15(11(2)3)18(23)22-17(21-16)13(9-19)10-20-22/h5-8,10-11,21H,4H2,1-3H3. The van der Waals surface area contributed by atoms with Gasteiger partial charge in [0.15, 0.2) is 15.5 Å². The summed E-state index contributed by atoms with van der Waals surface area (Å²) >= 11 is 0. The topological polar surface area (TPSA) is 108 Å². The molecule has 0 saturated carbocycles. The maximum Gasteiger partial charge on any atom is 0.278 e. The number of hydrogen-bond donors (Lipinski definition) is 1. The van der Waals surface area contributed by atoms with Crippen LogP contribution in [0, 0.1) is 11.3 Å². The van der Waals surface area contributed by atoms with Gasteiger partial charge >= 0.3 is 0 Å². The minimum absolute atomic E-state index is 0.0216. The Kier molecular flexibility index (Phi) is 4.42. The fourth-order valence-corrected chi connectivity index (χ4v) is 3.75. The van der Waals surface area contributed by atoms with Crippen LogP contribution in [0.3, 0.4) is 0 Å². The van der Waals surface area contributed by atoms with Gasteiger partial charge in [-0.15, -0.1) is 0 Å². The molecule has 134 valence electrons. The zero-order valence-electron chi connectivity index (χ0n) is 14.6. The molecule has 0 radical (unpaired) electrons. The van der Waals surface area contributed by atoms with Crippen molar-refractivity contribution in [1.82, 2.24) is 14.6 Å². The lowest BCUT2D eigenvalue weighted by Gasteiger charge is -2.13.